The molecule has 0 bridgehead atoms. The Bertz CT molecular complexity index is 647. The molecule has 3 atom stereocenters. The molecule has 3 unspecified atom stereocenters. The molecule has 1 aromatic rings. The van der Waals surface area contributed by atoms with E-state index in [1.165, 1.54) is 12.3 Å². The number of halogens is 3. The molecule has 0 aromatic carbocycles. The Morgan fingerprint density at radius 2 is 2.33 bits per heavy atom. The van der Waals surface area contributed by atoms with E-state index in [0.717, 1.165) is 10.1 Å². The number of aliphatic hydroxyl groups excluding tert-OH is 1. The molecule has 1 saturated heterocycles. The lowest BCUT2D eigenvalue weighted by Gasteiger charge is -2.16. The molecule has 21 heavy (non-hydrogen) atoms. The molecule has 6 nitrogen and oxygen atoms in total. The van der Waals surface area contributed by atoms with Gasteiger partial charge >= 0.3 is 5.69 Å². The summed E-state index contributed by atoms with van der Waals surface area (Å²) in [5, 5.41) is 9.05. The van der Waals surface area contributed by atoms with Gasteiger partial charge in [0.1, 0.15) is 11.9 Å². The van der Waals surface area contributed by atoms with Crippen LogP contribution in [-0.4, -0.2) is 33.5 Å². The largest absolute Gasteiger partial charge is 0.393 e. The number of ether oxygens (including phenoxy) is 1. The monoisotopic (exact) mass is 319 g/mol. The van der Waals surface area contributed by atoms with E-state index in [9.17, 15) is 13.6 Å². The zero-order chi connectivity index (χ0) is 15.6. The summed E-state index contributed by atoms with van der Waals surface area (Å²) in [5.41, 5.74) is 5.73. The summed E-state index contributed by atoms with van der Waals surface area (Å²) < 4.78 is 32.9. The van der Waals surface area contributed by atoms with Gasteiger partial charge < -0.3 is 15.6 Å². The summed E-state index contributed by atoms with van der Waals surface area (Å²) in [6.07, 6.45) is -1.93. The highest BCUT2D eigenvalue weighted by atomic mass is 35.5. The van der Waals surface area contributed by atoms with Crippen LogP contribution in [0, 0.1) is 0 Å². The topological polar surface area (TPSA) is 90.4 Å². The average molecular weight is 320 g/mol. The average Bonchev–Trinajstić information content (AvgIpc) is 2.78. The summed E-state index contributed by atoms with van der Waals surface area (Å²) in [7, 11) is 0. The minimum absolute atomic E-state index is 0.0287. The minimum atomic E-state index is -1.93. The van der Waals surface area contributed by atoms with Crippen molar-refractivity contribution in [1.29, 1.82) is 0 Å². The Balaban J connectivity index is 2.47. The zero-order valence-corrected chi connectivity index (χ0v) is 11.4. The number of nitrogens with two attached hydrogens (primary N) is 1. The van der Waals surface area contributed by atoms with Gasteiger partial charge in [-0.3, -0.25) is 4.57 Å². The van der Waals surface area contributed by atoms with Gasteiger partial charge in [0.2, 0.25) is 0 Å². The third-order valence-corrected chi connectivity index (χ3v) is 3.19. The van der Waals surface area contributed by atoms with E-state index < -0.39 is 30.8 Å². The third kappa shape index (κ3) is 2.82. The van der Waals surface area contributed by atoms with Crippen LogP contribution in [0.4, 0.5) is 14.6 Å². The predicted molar refractivity (Wildman–Crippen MR) is 72.9 cm³/mol. The van der Waals surface area contributed by atoms with E-state index in [1.54, 1.807) is 0 Å². The smallest absolute Gasteiger partial charge is 0.351 e. The lowest BCUT2D eigenvalue weighted by Crippen LogP contribution is -2.31. The van der Waals surface area contributed by atoms with Crippen LogP contribution in [0.2, 0.25) is 0 Å². The van der Waals surface area contributed by atoms with Crippen molar-refractivity contribution in [3.63, 3.8) is 0 Å². The van der Waals surface area contributed by atoms with E-state index >= 15 is 0 Å². The van der Waals surface area contributed by atoms with Gasteiger partial charge in [-0.25, -0.2) is 13.6 Å². The van der Waals surface area contributed by atoms with E-state index in [-0.39, 0.29) is 23.3 Å². The van der Waals surface area contributed by atoms with Gasteiger partial charge in [-0.2, -0.15) is 4.98 Å². The van der Waals surface area contributed by atoms with Gasteiger partial charge in [0.05, 0.1) is 12.9 Å². The quantitative estimate of drug-likeness (QED) is 0.871. The fourth-order valence-electron chi connectivity index (χ4n) is 2.02. The first-order valence-electron chi connectivity index (χ1n) is 5.89. The lowest BCUT2D eigenvalue weighted by molar-refractivity contribution is -0.0375. The van der Waals surface area contributed by atoms with E-state index in [0.29, 0.717) is 0 Å². The number of nitrogen functional groups attached to an aromatic ring is 1. The highest BCUT2D eigenvalue weighted by Crippen LogP contribution is 2.35. The molecule has 1 fully saturated rings. The molecule has 0 radical (unpaired) electrons. The van der Waals surface area contributed by atoms with Gasteiger partial charge in [-0.1, -0.05) is 11.6 Å². The van der Waals surface area contributed by atoms with Crippen LogP contribution in [0.1, 0.15) is 11.8 Å². The number of aliphatic hydroxyl groups is 1. The molecule has 1 aliphatic rings. The van der Waals surface area contributed by atoms with Crippen molar-refractivity contribution in [2.24, 2.45) is 0 Å². The van der Waals surface area contributed by atoms with Crippen LogP contribution < -0.4 is 11.4 Å². The number of rotatable bonds is 3. The summed E-state index contributed by atoms with van der Waals surface area (Å²) in [6, 6.07) is 0. The Morgan fingerprint density at radius 3 is 2.86 bits per heavy atom. The molecule has 0 amide bonds. The van der Waals surface area contributed by atoms with Crippen molar-refractivity contribution in [1.82, 2.24) is 9.55 Å². The minimum Gasteiger partial charge on any atom is -0.393 e. The molecule has 0 saturated carbocycles. The Morgan fingerprint density at radius 1 is 1.62 bits per heavy atom. The molecule has 9 heteroatoms. The molecular formula is C12H12ClF2N3O3. The molecule has 3 N–H and O–H groups in total. The molecule has 1 aromatic heterocycles. The molecule has 114 valence electrons. The Labute approximate surface area is 123 Å². The van der Waals surface area contributed by atoms with Crippen molar-refractivity contribution >= 4 is 23.5 Å². The summed E-state index contributed by atoms with van der Waals surface area (Å²) in [5.74, 6) is -0.0819. The highest BCUT2D eigenvalue weighted by molar-refractivity contribution is 6.27. The maximum atomic E-state index is 14.2. The predicted octanol–water partition coefficient (Wildman–Crippen LogP) is 1.12. The SMILES string of the molecule is Nc1nc(=O)n(C2OC(CO)/C(=C/F)C2F)cc1/C=C/Cl. The van der Waals surface area contributed by atoms with Gasteiger partial charge in [0.25, 0.3) is 0 Å². The fourth-order valence-corrected chi connectivity index (χ4v) is 2.15. The number of alkyl halides is 1. The van der Waals surface area contributed by atoms with Crippen LogP contribution in [-0.2, 0) is 4.74 Å². The van der Waals surface area contributed by atoms with Crippen molar-refractivity contribution in [2.45, 2.75) is 18.5 Å². The normalized spacial score (nSPS) is 27.8. The first-order valence-corrected chi connectivity index (χ1v) is 6.33. The highest BCUT2D eigenvalue weighted by Gasteiger charge is 2.42. The second kappa shape index (κ2) is 6.33. The van der Waals surface area contributed by atoms with E-state index in [4.69, 9.17) is 27.2 Å². The standard InChI is InChI=1S/C12H12ClF2N3O3/c13-2-1-6-4-18(12(20)17-10(6)16)11-9(15)7(3-14)8(5-19)21-11/h1-4,8-9,11,19H,5H2,(H2,16,17,20)/b2-1+,7-3-. The molecule has 2 heterocycles. The third-order valence-electron chi connectivity index (χ3n) is 3.06. The van der Waals surface area contributed by atoms with Gasteiger partial charge in [-0.15, -0.1) is 0 Å². The summed E-state index contributed by atoms with van der Waals surface area (Å²) in [6.45, 7) is -0.613. The van der Waals surface area contributed by atoms with Crippen molar-refractivity contribution in [2.75, 3.05) is 12.3 Å². The molecule has 2 rings (SSSR count). The zero-order valence-electron chi connectivity index (χ0n) is 10.6. The number of hydrogen-bond acceptors (Lipinski definition) is 5. The molecule has 0 aliphatic carbocycles. The Hall–Kier alpha value is -1.77. The van der Waals surface area contributed by atoms with Crippen molar-refractivity contribution in [3.8, 4) is 0 Å². The van der Waals surface area contributed by atoms with Crippen LogP contribution >= 0.6 is 11.6 Å². The molecular weight excluding hydrogens is 308 g/mol. The van der Waals surface area contributed by atoms with E-state index in [1.807, 2.05) is 0 Å². The van der Waals surface area contributed by atoms with E-state index in [2.05, 4.69) is 4.98 Å². The lowest BCUT2D eigenvalue weighted by atomic mass is 10.1. The van der Waals surface area contributed by atoms with Crippen LogP contribution in [0.5, 0.6) is 0 Å². The first kappa shape index (κ1) is 15.6. The number of aromatic nitrogens is 2. The molecule has 0 spiro atoms. The maximum Gasteiger partial charge on any atom is 0.351 e. The number of anilines is 1. The number of nitrogens with zero attached hydrogens (tertiary/aromatic N) is 2. The summed E-state index contributed by atoms with van der Waals surface area (Å²) >= 11 is 5.43. The van der Waals surface area contributed by atoms with Gasteiger partial charge in [-0.05, 0) is 6.08 Å². The maximum absolute atomic E-state index is 14.2. The second-order valence-electron chi connectivity index (χ2n) is 4.27. The van der Waals surface area contributed by atoms with Crippen LogP contribution in [0.3, 0.4) is 0 Å². The van der Waals surface area contributed by atoms with Crippen LogP contribution in [0.15, 0.2) is 28.4 Å². The summed E-state index contributed by atoms with van der Waals surface area (Å²) in [4.78, 5) is 15.3. The first-order chi connectivity index (χ1) is 10.0. The Kier molecular flexibility index (Phi) is 4.71. The molecule has 1 aliphatic heterocycles. The van der Waals surface area contributed by atoms with Gasteiger partial charge in [0.15, 0.2) is 12.4 Å². The second-order valence-corrected chi connectivity index (χ2v) is 4.52. The fraction of sp³-hybridized carbons (Fsp3) is 0.333. The number of hydrogen-bond donors (Lipinski definition) is 2. The van der Waals surface area contributed by atoms with Crippen LogP contribution in [0.25, 0.3) is 6.08 Å². The van der Waals surface area contributed by atoms with Crippen molar-refractivity contribution < 1.29 is 18.6 Å². The van der Waals surface area contributed by atoms with Crippen molar-refractivity contribution in [3.05, 3.63) is 39.7 Å². The van der Waals surface area contributed by atoms with Gasteiger partial charge in [0, 0.05) is 22.9 Å².